The number of carbonyl (C=O) groups is 1. The summed E-state index contributed by atoms with van der Waals surface area (Å²) in [6.45, 7) is 4.56. The van der Waals surface area contributed by atoms with E-state index in [-0.39, 0.29) is 23.6 Å². The highest BCUT2D eigenvalue weighted by atomic mass is 19.1. The highest BCUT2D eigenvalue weighted by molar-refractivity contribution is 5.96. The zero-order valence-electron chi connectivity index (χ0n) is 15.0. The number of nitrogens with zero attached hydrogens (tertiary/aromatic N) is 2. The molecule has 1 fully saturated rings. The van der Waals surface area contributed by atoms with E-state index >= 15 is 0 Å². The second kappa shape index (κ2) is 7.29. The van der Waals surface area contributed by atoms with E-state index in [9.17, 15) is 9.18 Å². The molecule has 2 aromatic rings. The summed E-state index contributed by atoms with van der Waals surface area (Å²) in [5.74, 6) is -0.711. The van der Waals surface area contributed by atoms with Gasteiger partial charge in [0.15, 0.2) is 0 Å². The van der Waals surface area contributed by atoms with Crippen molar-refractivity contribution < 1.29 is 18.7 Å². The third-order valence-electron chi connectivity index (χ3n) is 4.49. The fourth-order valence-corrected chi connectivity index (χ4v) is 3.09. The van der Waals surface area contributed by atoms with Crippen LogP contribution in [-0.2, 0) is 4.74 Å². The maximum Gasteiger partial charge on any atom is 0.254 e. The third kappa shape index (κ3) is 3.77. The van der Waals surface area contributed by atoms with Crippen LogP contribution in [0.5, 0.6) is 5.88 Å². The number of nitrogen functional groups attached to an aromatic ring is 1. The van der Waals surface area contributed by atoms with Crippen LogP contribution in [0.15, 0.2) is 30.3 Å². The van der Waals surface area contributed by atoms with E-state index in [1.165, 1.54) is 6.07 Å². The Morgan fingerprint density at radius 1 is 1.23 bits per heavy atom. The van der Waals surface area contributed by atoms with Gasteiger partial charge >= 0.3 is 0 Å². The lowest BCUT2D eigenvalue weighted by molar-refractivity contribution is 0.0316. The molecule has 26 heavy (non-hydrogen) atoms. The number of benzene rings is 1. The molecule has 1 aliphatic rings. The van der Waals surface area contributed by atoms with E-state index in [4.69, 9.17) is 15.2 Å². The van der Waals surface area contributed by atoms with Crippen LogP contribution in [0.2, 0.25) is 0 Å². The fraction of sp³-hybridized carbons (Fsp3) is 0.368. The van der Waals surface area contributed by atoms with Gasteiger partial charge in [-0.2, -0.15) is 9.37 Å². The van der Waals surface area contributed by atoms with E-state index in [2.05, 4.69) is 4.98 Å². The minimum Gasteiger partial charge on any atom is -0.469 e. The van der Waals surface area contributed by atoms with Gasteiger partial charge in [-0.05, 0) is 25.5 Å². The highest BCUT2D eigenvalue weighted by Gasteiger charge is 2.38. The Morgan fingerprint density at radius 2 is 1.96 bits per heavy atom. The summed E-state index contributed by atoms with van der Waals surface area (Å²) in [5.41, 5.74) is 8.45. The zero-order chi connectivity index (χ0) is 18.8. The topological polar surface area (TPSA) is 77.7 Å². The second-order valence-corrected chi connectivity index (χ2v) is 6.52. The number of anilines is 1. The fourth-order valence-electron chi connectivity index (χ4n) is 3.09. The molecule has 138 valence electrons. The van der Waals surface area contributed by atoms with Gasteiger partial charge in [-0.3, -0.25) is 4.79 Å². The van der Waals surface area contributed by atoms with Crippen LogP contribution < -0.4 is 10.5 Å². The zero-order valence-corrected chi connectivity index (χ0v) is 15.0. The van der Waals surface area contributed by atoms with Gasteiger partial charge in [0.25, 0.3) is 5.91 Å². The average Bonchev–Trinajstić information content (AvgIpc) is 2.98. The summed E-state index contributed by atoms with van der Waals surface area (Å²) in [4.78, 5) is 18.3. The van der Waals surface area contributed by atoms with Crippen molar-refractivity contribution in [2.75, 3.05) is 25.9 Å². The van der Waals surface area contributed by atoms with Crippen molar-refractivity contribution in [1.82, 2.24) is 9.88 Å². The van der Waals surface area contributed by atoms with Crippen molar-refractivity contribution >= 4 is 11.6 Å². The molecule has 2 atom stereocenters. The number of amides is 1. The van der Waals surface area contributed by atoms with E-state index < -0.39 is 12.1 Å². The minimum atomic E-state index is -0.713. The quantitative estimate of drug-likeness (QED) is 0.848. The number of ether oxygens (including phenoxy) is 2. The van der Waals surface area contributed by atoms with E-state index in [0.717, 1.165) is 17.2 Å². The van der Waals surface area contributed by atoms with E-state index in [1.54, 1.807) is 12.0 Å². The summed E-state index contributed by atoms with van der Waals surface area (Å²) >= 11 is 0. The number of halogens is 1. The molecule has 0 radical (unpaired) electrons. The number of hydrogen-bond donors (Lipinski definition) is 1. The number of hydrogen-bond acceptors (Lipinski definition) is 5. The number of likely N-dealkylation sites (tertiary alicyclic amines) is 1. The number of rotatable bonds is 4. The second-order valence-electron chi connectivity index (χ2n) is 6.52. The van der Waals surface area contributed by atoms with Crippen LogP contribution in [-0.4, -0.2) is 48.2 Å². The first-order valence-corrected chi connectivity index (χ1v) is 8.36. The number of aryl methyl sites for hydroxylation is 2. The molecule has 1 aromatic heterocycles. The van der Waals surface area contributed by atoms with Gasteiger partial charge in [-0.1, -0.05) is 17.7 Å². The lowest BCUT2D eigenvalue weighted by Gasteiger charge is -2.18. The van der Waals surface area contributed by atoms with Crippen molar-refractivity contribution in [3.8, 4) is 5.88 Å². The lowest BCUT2D eigenvalue weighted by Crippen LogP contribution is -2.32. The first-order chi connectivity index (χ1) is 12.4. The first-order valence-electron chi connectivity index (χ1n) is 8.36. The molecule has 7 heteroatoms. The maximum atomic E-state index is 13.4. The molecule has 1 aromatic carbocycles. The van der Waals surface area contributed by atoms with Gasteiger partial charge in [-0.15, -0.1) is 0 Å². The lowest BCUT2D eigenvalue weighted by atomic mass is 10.0. The van der Waals surface area contributed by atoms with E-state index in [1.807, 2.05) is 32.0 Å². The Balaban J connectivity index is 1.78. The van der Waals surface area contributed by atoms with Gasteiger partial charge in [0.2, 0.25) is 11.8 Å². The third-order valence-corrected chi connectivity index (χ3v) is 4.49. The van der Waals surface area contributed by atoms with Crippen molar-refractivity contribution in [3.63, 3.8) is 0 Å². The predicted molar refractivity (Wildman–Crippen MR) is 95.6 cm³/mol. The Bertz CT molecular complexity index is 807. The van der Waals surface area contributed by atoms with Crippen LogP contribution in [0.3, 0.4) is 0 Å². The monoisotopic (exact) mass is 359 g/mol. The Morgan fingerprint density at radius 3 is 2.65 bits per heavy atom. The Labute approximate surface area is 151 Å². The smallest absolute Gasteiger partial charge is 0.254 e. The van der Waals surface area contributed by atoms with Crippen LogP contribution in [0, 0.1) is 19.8 Å². The van der Waals surface area contributed by atoms with Crippen LogP contribution in [0.4, 0.5) is 10.1 Å². The van der Waals surface area contributed by atoms with Gasteiger partial charge in [0.05, 0.1) is 13.1 Å². The van der Waals surface area contributed by atoms with Crippen molar-refractivity contribution in [1.29, 1.82) is 0 Å². The summed E-state index contributed by atoms with van der Waals surface area (Å²) in [7, 11) is 1.56. The number of aromatic nitrogens is 1. The summed E-state index contributed by atoms with van der Waals surface area (Å²) < 4.78 is 24.6. The van der Waals surface area contributed by atoms with Gasteiger partial charge < -0.3 is 20.1 Å². The number of nitrogens with two attached hydrogens (primary N) is 1. The molecule has 0 aliphatic carbocycles. The highest BCUT2D eigenvalue weighted by Crippen LogP contribution is 2.23. The SMILES string of the molecule is COC1CN(C(=O)c2cc(C)ccc2C)CC1Oc1cc(N)cc(F)n1. The molecule has 6 nitrogen and oxygen atoms in total. The molecule has 1 aliphatic heterocycles. The number of carbonyl (C=O) groups excluding carboxylic acids is 1. The first kappa shape index (κ1) is 18.1. The van der Waals surface area contributed by atoms with Crippen molar-refractivity contribution in [3.05, 3.63) is 53.0 Å². The van der Waals surface area contributed by atoms with Gasteiger partial charge in [0, 0.05) is 30.5 Å². The van der Waals surface area contributed by atoms with Crippen molar-refractivity contribution in [2.24, 2.45) is 0 Å². The van der Waals surface area contributed by atoms with Gasteiger partial charge in [-0.25, -0.2) is 0 Å². The molecule has 3 rings (SSSR count). The van der Waals surface area contributed by atoms with Crippen LogP contribution in [0.1, 0.15) is 21.5 Å². The Hall–Kier alpha value is -2.67. The molecule has 0 saturated carbocycles. The summed E-state index contributed by atoms with van der Waals surface area (Å²) in [5, 5.41) is 0. The summed E-state index contributed by atoms with van der Waals surface area (Å²) in [6, 6.07) is 8.35. The van der Waals surface area contributed by atoms with Crippen LogP contribution >= 0.6 is 0 Å². The molecular weight excluding hydrogens is 337 g/mol. The number of pyridine rings is 1. The molecule has 2 N–H and O–H groups in total. The summed E-state index contributed by atoms with van der Waals surface area (Å²) in [6.07, 6.45) is -0.793. The van der Waals surface area contributed by atoms with Gasteiger partial charge in [0.1, 0.15) is 12.2 Å². The average molecular weight is 359 g/mol. The molecular formula is C19H22FN3O3. The molecule has 2 unspecified atom stereocenters. The predicted octanol–water partition coefficient (Wildman–Crippen LogP) is 2.34. The molecule has 0 bridgehead atoms. The van der Waals surface area contributed by atoms with Crippen LogP contribution in [0.25, 0.3) is 0 Å². The standard InChI is InChI=1S/C19H22FN3O3/c1-11-4-5-12(2)14(6-11)19(24)23-9-15(25-3)16(10-23)26-18-8-13(21)7-17(20)22-18/h4-8,15-16H,9-10H2,1-3H3,(H2,21,22). The molecule has 1 saturated heterocycles. The minimum absolute atomic E-state index is 0.0777. The molecule has 0 spiro atoms. The van der Waals surface area contributed by atoms with Crippen molar-refractivity contribution in [2.45, 2.75) is 26.1 Å². The normalized spacial score (nSPS) is 19.6. The maximum absolute atomic E-state index is 13.4. The molecule has 2 heterocycles. The largest absolute Gasteiger partial charge is 0.469 e. The van der Waals surface area contributed by atoms with E-state index in [0.29, 0.717) is 18.7 Å². The molecule has 1 amide bonds. The number of methoxy groups -OCH3 is 1. The Kier molecular flexibility index (Phi) is 5.08.